The predicted octanol–water partition coefficient (Wildman–Crippen LogP) is 3.03. The third kappa shape index (κ3) is 2.71. The maximum Gasteiger partial charge on any atom is 0.141 e. The largest absolute Gasteiger partial charge is 0.506 e. The Morgan fingerprint density at radius 1 is 0.789 bits per heavy atom. The van der Waals surface area contributed by atoms with Crippen LogP contribution in [-0.2, 0) is 0 Å². The van der Waals surface area contributed by atoms with Gasteiger partial charge in [0.2, 0.25) is 0 Å². The first-order valence-corrected chi connectivity index (χ1v) is 6.56. The van der Waals surface area contributed by atoms with Crippen molar-refractivity contribution in [2.24, 2.45) is 0 Å². The molecule has 0 atom stereocenters. The van der Waals surface area contributed by atoms with Gasteiger partial charge in [-0.2, -0.15) is 0 Å². The third-order valence-electron chi connectivity index (χ3n) is 2.84. The highest BCUT2D eigenvalue weighted by Crippen LogP contribution is 2.37. The number of hydrogen-bond donors (Lipinski definition) is 4. The van der Waals surface area contributed by atoms with Crippen LogP contribution >= 0.6 is 11.8 Å². The van der Waals surface area contributed by atoms with Crippen LogP contribution in [0.5, 0.6) is 11.5 Å². The van der Waals surface area contributed by atoms with Crippen LogP contribution in [-0.4, -0.2) is 10.2 Å². The minimum Gasteiger partial charge on any atom is -0.506 e. The molecule has 2 rings (SSSR count). The molecule has 0 unspecified atom stereocenters. The lowest BCUT2D eigenvalue weighted by molar-refractivity contribution is 0.473. The Kier molecular flexibility index (Phi) is 3.48. The Labute approximate surface area is 116 Å². The summed E-state index contributed by atoms with van der Waals surface area (Å²) in [6, 6.07) is 7.14. The molecular formula is C14H16N2O2S. The van der Waals surface area contributed by atoms with Crippen LogP contribution in [0.2, 0.25) is 0 Å². The number of nitrogens with two attached hydrogens (primary N) is 2. The number of rotatable bonds is 2. The lowest BCUT2D eigenvalue weighted by atomic mass is 10.2. The van der Waals surface area contributed by atoms with E-state index in [0.717, 1.165) is 20.9 Å². The van der Waals surface area contributed by atoms with Gasteiger partial charge in [-0.25, -0.2) is 0 Å². The molecule has 5 heteroatoms. The van der Waals surface area contributed by atoms with Crippen molar-refractivity contribution >= 4 is 23.1 Å². The summed E-state index contributed by atoms with van der Waals surface area (Å²) in [5, 5.41) is 19.3. The predicted molar refractivity (Wildman–Crippen MR) is 78.6 cm³/mol. The molecule has 0 saturated heterocycles. The molecule has 0 amide bonds. The van der Waals surface area contributed by atoms with Crippen LogP contribution in [0.3, 0.4) is 0 Å². The smallest absolute Gasteiger partial charge is 0.141 e. The van der Waals surface area contributed by atoms with Gasteiger partial charge < -0.3 is 21.7 Å². The Bertz CT molecular complexity index is 540. The van der Waals surface area contributed by atoms with Crippen LogP contribution in [0, 0.1) is 13.8 Å². The van der Waals surface area contributed by atoms with Crippen molar-refractivity contribution in [3.63, 3.8) is 0 Å². The quantitative estimate of drug-likeness (QED) is 0.500. The molecular weight excluding hydrogens is 260 g/mol. The SMILES string of the molecule is Cc1cc(Sc2cc(C)c(O)c(N)c2)cc(N)c1O. The van der Waals surface area contributed by atoms with Crippen molar-refractivity contribution in [2.45, 2.75) is 23.6 Å². The lowest BCUT2D eigenvalue weighted by Crippen LogP contribution is -1.91. The molecule has 4 nitrogen and oxygen atoms in total. The first kappa shape index (κ1) is 13.4. The average molecular weight is 276 g/mol. The number of nitrogen functional groups attached to an aromatic ring is 2. The zero-order chi connectivity index (χ0) is 14.2. The summed E-state index contributed by atoms with van der Waals surface area (Å²) >= 11 is 1.48. The fourth-order valence-electron chi connectivity index (χ4n) is 1.80. The summed E-state index contributed by atoms with van der Waals surface area (Å²) in [4.78, 5) is 1.83. The molecule has 0 radical (unpaired) electrons. The van der Waals surface area contributed by atoms with Crippen molar-refractivity contribution in [3.8, 4) is 11.5 Å². The number of aryl methyl sites for hydroxylation is 2. The van der Waals surface area contributed by atoms with Crippen LogP contribution in [0.25, 0.3) is 0 Å². The highest BCUT2D eigenvalue weighted by Gasteiger charge is 2.08. The van der Waals surface area contributed by atoms with E-state index in [9.17, 15) is 10.2 Å². The summed E-state index contributed by atoms with van der Waals surface area (Å²) in [6.45, 7) is 3.60. The van der Waals surface area contributed by atoms with E-state index in [1.165, 1.54) is 11.8 Å². The van der Waals surface area contributed by atoms with E-state index >= 15 is 0 Å². The van der Waals surface area contributed by atoms with E-state index in [2.05, 4.69) is 0 Å². The second kappa shape index (κ2) is 4.93. The Balaban J connectivity index is 2.36. The van der Waals surface area contributed by atoms with E-state index < -0.39 is 0 Å². The lowest BCUT2D eigenvalue weighted by Gasteiger charge is -2.10. The first-order valence-electron chi connectivity index (χ1n) is 5.74. The van der Waals surface area contributed by atoms with Crippen LogP contribution in [0.15, 0.2) is 34.1 Å². The van der Waals surface area contributed by atoms with Crippen molar-refractivity contribution in [1.82, 2.24) is 0 Å². The molecule has 0 spiro atoms. The minimum atomic E-state index is 0.116. The topological polar surface area (TPSA) is 92.5 Å². The van der Waals surface area contributed by atoms with Gasteiger partial charge in [0, 0.05) is 9.79 Å². The summed E-state index contributed by atoms with van der Waals surface area (Å²) in [7, 11) is 0. The monoisotopic (exact) mass is 276 g/mol. The Morgan fingerprint density at radius 3 is 1.47 bits per heavy atom. The maximum absolute atomic E-state index is 9.63. The van der Waals surface area contributed by atoms with Crippen molar-refractivity contribution in [3.05, 3.63) is 35.4 Å². The summed E-state index contributed by atoms with van der Waals surface area (Å²) in [5.74, 6) is 0.233. The number of hydrogen-bond acceptors (Lipinski definition) is 5. The number of phenols is 2. The molecule has 0 bridgehead atoms. The number of phenolic OH excluding ortho intramolecular Hbond substituents is 2. The maximum atomic E-state index is 9.63. The molecule has 6 N–H and O–H groups in total. The van der Waals surface area contributed by atoms with E-state index in [0.29, 0.717) is 11.4 Å². The summed E-state index contributed by atoms with van der Waals surface area (Å²) in [5.41, 5.74) is 13.6. The van der Waals surface area contributed by atoms with Crippen molar-refractivity contribution < 1.29 is 10.2 Å². The van der Waals surface area contributed by atoms with E-state index in [-0.39, 0.29) is 11.5 Å². The van der Waals surface area contributed by atoms with Gasteiger partial charge in [0.05, 0.1) is 11.4 Å². The second-order valence-electron chi connectivity index (χ2n) is 4.46. The third-order valence-corrected chi connectivity index (χ3v) is 3.79. The average Bonchev–Trinajstić information content (AvgIpc) is 2.33. The molecule has 19 heavy (non-hydrogen) atoms. The second-order valence-corrected chi connectivity index (χ2v) is 5.61. The Hall–Kier alpha value is -2.01. The molecule has 0 saturated carbocycles. The highest BCUT2D eigenvalue weighted by molar-refractivity contribution is 7.99. The molecule has 2 aromatic rings. The Morgan fingerprint density at radius 2 is 1.16 bits per heavy atom. The number of aromatic hydroxyl groups is 2. The number of benzene rings is 2. The fourth-order valence-corrected chi connectivity index (χ4v) is 2.91. The van der Waals surface area contributed by atoms with Gasteiger partial charge in [0.25, 0.3) is 0 Å². The summed E-state index contributed by atoms with van der Waals surface area (Å²) < 4.78 is 0. The van der Waals surface area contributed by atoms with E-state index in [4.69, 9.17) is 11.5 Å². The van der Waals surface area contributed by atoms with Crippen molar-refractivity contribution in [2.75, 3.05) is 11.5 Å². The van der Waals surface area contributed by atoms with Gasteiger partial charge in [-0.1, -0.05) is 11.8 Å². The van der Waals surface area contributed by atoms with E-state index in [1.807, 2.05) is 12.1 Å². The number of anilines is 2. The fraction of sp³-hybridized carbons (Fsp3) is 0.143. The van der Waals surface area contributed by atoms with E-state index in [1.54, 1.807) is 26.0 Å². The normalized spacial score (nSPS) is 10.6. The van der Waals surface area contributed by atoms with Gasteiger partial charge in [-0.15, -0.1) is 0 Å². The molecule has 2 aromatic carbocycles. The first-order chi connectivity index (χ1) is 8.88. The summed E-state index contributed by atoms with van der Waals surface area (Å²) in [6.07, 6.45) is 0. The minimum absolute atomic E-state index is 0.116. The van der Waals surface area contributed by atoms with Crippen LogP contribution < -0.4 is 11.5 Å². The van der Waals surface area contributed by atoms with Gasteiger partial charge >= 0.3 is 0 Å². The zero-order valence-electron chi connectivity index (χ0n) is 10.8. The van der Waals surface area contributed by atoms with Crippen molar-refractivity contribution in [1.29, 1.82) is 0 Å². The van der Waals surface area contributed by atoms with Gasteiger partial charge in [-0.3, -0.25) is 0 Å². The molecule has 0 fully saturated rings. The molecule has 0 aliphatic rings. The van der Waals surface area contributed by atoms with Gasteiger partial charge in [0.1, 0.15) is 11.5 Å². The molecule has 0 aliphatic heterocycles. The van der Waals surface area contributed by atoms with Gasteiger partial charge in [-0.05, 0) is 49.2 Å². The molecule has 0 aromatic heterocycles. The molecule has 100 valence electrons. The molecule has 0 aliphatic carbocycles. The van der Waals surface area contributed by atoms with Gasteiger partial charge in [0.15, 0.2) is 0 Å². The highest BCUT2D eigenvalue weighted by atomic mass is 32.2. The standard InChI is InChI=1S/C14H16N2O2S/c1-7-3-9(5-11(15)13(7)17)19-10-4-8(2)14(18)12(16)6-10/h3-6,17-18H,15-16H2,1-2H3. The molecule has 0 heterocycles. The van der Waals surface area contributed by atoms with Crippen LogP contribution in [0.4, 0.5) is 11.4 Å². The van der Waals surface area contributed by atoms with Crippen LogP contribution in [0.1, 0.15) is 11.1 Å². The zero-order valence-corrected chi connectivity index (χ0v) is 11.6.